The SMILES string of the molecule is CCOc1ccc(NC(=O)CSCc2cc(Cl)c3c(c2)OCCCO3)cc1. The van der Waals surface area contributed by atoms with Gasteiger partial charge in [0.15, 0.2) is 11.5 Å². The first-order valence-electron chi connectivity index (χ1n) is 8.84. The number of thioether (sulfide) groups is 1. The van der Waals surface area contributed by atoms with E-state index in [1.807, 2.05) is 43.3 Å². The highest BCUT2D eigenvalue weighted by molar-refractivity contribution is 7.99. The number of halogens is 1. The van der Waals surface area contributed by atoms with Gasteiger partial charge in [0, 0.05) is 17.9 Å². The molecule has 0 radical (unpaired) electrons. The number of fused-ring (bicyclic) bond motifs is 1. The van der Waals surface area contributed by atoms with Crippen molar-refractivity contribution in [3.63, 3.8) is 0 Å². The second kappa shape index (κ2) is 9.76. The van der Waals surface area contributed by atoms with Crippen LogP contribution in [0.25, 0.3) is 0 Å². The van der Waals surface area contributed by atoms with Crippen LogP contribution in [0.4, 0.5) is 5.69 Å². The largest absolute Gasteiger partial charge is 0.494 e. The third-order valence-corrected chi connectivity index (χ3v) is 5.10. The Labute approximate surface area is 168 Å². The smallest absolute Gasteiger partial charge is 0.234 e. The number of ether oxygens (including phenoxy) is 3. The second-order valence-electron chi connectivity index (χ2n) is 5.95. The van der Waals surface area contributed by atoms with Crippen molar-refractivity contribution >= 4 is 35.0 Å². The number of benzene rings is 2. The molecule has 0 aliphatic carbocycles. The maximum Gasteiger partial charge on any atom is 0.234 e. The van der Waals surface area contributed by atoms with Crippen molar-refractivity contribution in [3.8, 4) is 17.2 Å². The summed E-state index contributed by atoms with van der Waals surface area (Å²) in [5, 5.41) is 3.43. The molecule has 1 N–H and O–H groups in total. The Balaban J connectivity index is 1.50. The van der Waals surface area contributed by atoms with E-state index in [2.05, 4.69) is 5.32 Å². The van der Waals surface area contributed by atoms with Crippen molar-refractivity contribution in [3.05, 3.63) is 47.0 Å². The first-order valence-corrected chi connectivity index (χ1v) is 10.4. The molecule has 1 aliphatic rings. The number of carbonyl (C=O) groups excluding carboxylic acids is 1. The highest BCUT2D eigenvalue weighted by Crippen LogP contribution is 2.38. The van der Waals surface area contributed by atoms with Crippen LogP contribution in [0.3, 0.4) is 0 Å². The van der Waals surface area contributed by atoms with Gasteiger partial charge in [-0.15, -0.1) is 11.8 Å². The lowest BCUT2D eigenvalue weighted by molar-refractivity contribution is -0.113. The minimum atomic E-state index is -0.0513. The average molecular weight is 408 g/mol. The molecule has 0 spiro atoms. The van der Waals surface area contributed by atoms with E-state index in [9.17, 15) is 4.79 Å². The zero-order valence-electron chi connectivity index (χ0n) is 15.1. The highest BCUT2D eigenvalue weighted by atomic mass is 35.5. The molecular formula is C20H22ClNO4S. The molecule has 27 heavy (non-hydrogen) atoms. The van der Waals surface area contributed by atoms with Crippen molar-refractivity contribution in [2.45, 2.75) is 19.1 Å². The molecule has 7 heteroatoms. The van der Waals surface area contributed by atoms with Gasteiger partial charge in [0.25, 0.3) is 0 Å². The van der Waals surface area contributed by atoms with Crippen molar-refractivity contribution in [2.75, 3.05) is 30.9 Å². The van der Waals surface area contributed by atoms with Crippen LogP contribution in [0.15, 0.2) is 36.4 Å². The molecular weight excluding hydrogens is 386 g/mol. The van der Waals surface area contributed by atoms with Gasteiger partial charge in [0.2, 0.25) is 5.91 Å². The minimum absolute atomic E-state index is 0.0513. The molecule has 2 aromatic carbocycles. The van der Waals surface area contributed by atoms with E-state index in [1.54, 1.807) is 0 Å². The summed E-state index contributed by atoms with van der Waals surface area (Å²) < 4.78 is 16.7. The summed E-state index contributed by atoms with van der Waals surface area (Å²) >= 11 is 7.82. The summed E-state index contributed by atoms with van der Waals surface area (Å²) in [5.74, 6) is 3.03. The van der Waals surface area contributed by atoms with E-state index in [1.165, 1.54) is 11.8 Å². The number of anilines is 1. The summed E-state index contributed by atoms with van der Waals surface area (Å²) in [6, 6.07) is 11.1. The van der Waals surface area contributed by atoms with E-state index < -0.39 is 0 Å². The number of hydrogen-bond acceptors (Lipinski definition) is 5. The van der Waals surface area contributed by atoms with Gasteiger partial charge in [-0.1, -0.05) is 11.6 Å². The molecule has 0 saturated heterocycles. The molecule has 144 valence electrons. The number of amides is 1. The fraction of sp³-hybridized carbons (Fsp3) is 0.350. The van der Waals surface area contributed by atoms with Crippen LogP contribution in [0, 0.1) is 0 Å². The quantitative estimate of drug-likeness (QED) is 0.716. The summed E-state index contributed by atoms with van der Waals surface area (Å²) in [5.41, 5.74) is 1.76. The summed E-state index contributed by atoms with van der Waals surface area (Å²) in [6.07, 6.45) is 0.834. The van der Waals surface area contributed by atoms with E-state index in [0.717, 1.165) is 23.4 Å². The molecule has 0 bridgehead atoms. The topological polar surface area (TPSA) is 56.8 Å². The number of rotatable bonds is 7. The molecule has 0 saturated carbocycles. The Bertz CT molecular complexity index is 782. The predicted molar refractivity (Wildman–Crippen MR) is 109 cm³/mol. The molecule has 1 amide bonds. The Hall–Kier alpha value is -2.05. The van der Waals surface area contributed by atoms with Gasteiger partial charge in [-0.25, -0.2) is 0 Å². The van der Waals surface area contributed by atoms with Crippen LogP contribution in [0.5, 0.6) is 17.2 Å². The monoisotopic (exact) mass is 407 g/mol. The molecule has 0 atom stereocenters. The van der Waals surface area contributed by atoms with Crippen molar-refractivity contribution in [1.82, 2.24) is 0 Å². The molecule has 1 heterocycles. The molecule has 3 rings (SSSR count). The fourth-order valence-electron chi connectivity index (χ4n) is 2.63. The first-order chi connectivity index (χ1) is 13.2. The third kappa shape index (κ3) is 5.71. The van der Waals surface area contributed by atoms with Gasteiger partial charge in [0.1, 0.15) is 5.75 Å². The van der Waals surface area contributed by atoms with Crippen LogP contribution in [0.1, 0.15) is 18.9 Å². The van der Waals surface area contributed by atoms with Crippen LogP contribution in [-0.4, -0.2) is 31.5 Å². The van der Waals surface area contributed by atoms with Gasteiger partial charge in [0.05, 0.1) is 30.6 Å². The lowest BCUT2D eigenvalue weighted by Gasteiger charge is -2.11. The van der Waals surface area contributed by atoms with Gasteiger partial charge < -0.3 is 19.5 Å². The third-order valence-electron chi connectivity index (χ3n) is 3.81. The normalized spacial score (nSPS) is 13.0. The summed E-state index contributed by atoms with van der Waals surface area (Å²) in [7, 11) is 0. The Morgan fingerprint density at radius 3 is 2.78 bits per heavy atom. The molecule has 5 nitrogen and oxygen atoms in total. The maximum atomic E-state index is 12.1. The first kappa shape index (κ1) is 19.7. The molecule has 0 fully saturated rings. The van der Waals surface area contributed by atoms with Crippen LogP contribution in [0.2, 0.25) is 5.02 Å². The maximum absolute atomic E-state index is 12.1. The Morgan fingerprint density at radius 2 is 2.00 bits per heavy atom. The van der Waals surface area contributed by atoms with E-state index >= 15 is 0 Å². The van der Waals surface area contributed by atoms with E-state index in [-0.39, 0.29) is 5.91 Å². The Kier molecular flexibility index (Phi) is 7.12. The van der Waals surface area contributed by atoms with Gasteiger partial charge in [-0.05, 0) is 48.9 Å². The minimum Gasteiger partial charge on any atom is -0.494 e. The van der Waals surface area contributed by atoms with Crippen molar-refractivity contribution in [1.29, 1.82) is 0 Å². The molecule has 2 aromatic rings. The van der Waals surface area contributed by atoms with Crippen LogP contribution in [-0.2, 0) is 10.5 Å². The number of nitrogens with one attached hydrogen (secondary N) is 1. The van der Waals surface area contributed by atoms with Crippen molar-refractivity contribution < 1.29 is 19.0 Å². The van der Waals surface area contributed by atoms with Gasteiger partial charge >= 0.3 is 0 Å². The van der Waals surface area contributed by atoms with E-state index in [4.69, 9.17) is 25.8 Å². The second-order valence-corrected chi connectivity index (χ2v) is 7.35. The predicted octanol–water partition coefficient (Wildman–Crippen LogP) is 4.77. The van der Waals surface area contributed by atoms with E-state index in [0.29, 0.717) is 47.8 Å². The van der Waals surface area contributed by atoms with Gasteiger partial charge in [-0.2, -0.15) is 0 Å². The highest BCUT2D eigenvalue weighted by Gasteiger charge is 2.15. The average Bonchev–Trinajstić information content (AvgIpc) is 2.89. The van der Waals surface area contributed by atoms with Crippen LogP contribution < -0.4 is 19.5 Å². The summed E-state index contributed by atoms with van der Waals surface area (Å²) in [6.45, 7) is 3.77. The Morgan fingerprint density at radius 1 is 1.22 bits per heavy atom. The lowest BCUT2D eigenvalue weighted by atomic mass is 10.2. The molecule has 0 unspecified atom stereocenters. The van der Waals surface area contributed by atoms with Crippen molar-refractivity contribution in [2.24, 2.45) is 0 Å². The summed E-state index contributed by atoms with van der Waals surface area (Å²) in [4.78, 5) is 12.1. The molecule has 0 aromatic heterocycles. The number of carbonyl (C=O) groups is 1. The standard InChI is InChI=1S/C20H22ClNO4S/c1-2-24-16-6-4-15(5-7-16)22-19(23)13-27-12-14-10-17(21)20-18(11-14)25-8-3-9-26-20/h4-7,10-11H,2-3,8-9,12-13H2,1H3,(H,22,23). The molecule has 1 aliphatic heterocycles. The zero-order chi connectivity index (χ0) is 19.1. The van der Waals surface area contributed by atoms with Gasteiger partial charge in [-0.3, -0.25) is 4.79 Å². The van der Waals surface area contributed by atoms with Crippen LogP contribution >= 0.6 is 23.4 Å². The zero-order valence-corrected chi connectivity index (χ0v) is 16.7. The lowest BCUT2D eigenvalue weighted by Crippen LogP contribution is -2.14. The fourth-order valence-corrected chi connectivity index (χ4v) is 3.68. The number of hydrogen-bond donors (Lipinski definition) is 1.